The quantitative estimate of drug-likeness (QED) is 0.860. The Morgan fingerprint density at radius 3 is 3.00 bits per heavy atom. The molecule has 3 rings (SSSR count). The summed E-state index contributed by atoms with van der Waals surface area (Å²) in [5, 5.41) is 8.86. The highest BCUT2D eigenvalue weighted by atomic mass is 32.1. The van der Waals surface area contributed by atoms with E-state index in [-0.39, 0.29) is 12.0 Å². The fraction of sp³-hybridized carbons (Fsp3) is 0.375. The first-order chi connectivity index (χ1) is 10.8. The second-order valence-electron chi connectivity index (χ2n) is 5.25. The van der Waals surface area contributed by atoms with E-state index in [1.165, 1.54) is 11.3 Å². The van der Waals surface area contributed by atoms with E-state index in [0.717, 1.165) is 36.0 Å². The van der Waals surface area contributed by atoms with Crippen LogP contribution in [0.5, 0.6) is 0 Å². The van der Waals surface area contributed by atoms with Gasteiger partial charge >= 0.3 is 0 Å². The lowest BCUT2D eigenvalue weighted by Gasteiger charge is -2.09. The van der Waals surface area contributed by atoms with Crippen LogP contribution in [0.2, 0.25) is 0 Å². The monoisotopic (exact) mass is 317 g/mol. The maximum Gasteiger partial charge on any atom is 0.226 e. The minimum absolute atomic E-state index is 0.00735. The molecule has 1 aliphatic heterocycles. The average molecular weight is 317 g/mol. The lowest BCUT2D eigenvalue weighted by molar-refractivity contribution is -0.121. The van der Waals surface area contributed by atoms with Crippen LogP contribution in [0.4, 0.5) is 10.8 Å². The molecule has 2 aromatic rings. The third kappa shape index (κ3) is 4.29. The van der Waals surface area contributed by atoms with E-state index in [1.54, 1.807) is 0 Å². The lowest BCUT2D eigenvalue weighted by atomic mass is 10.2. The van der Waals surface area contributed by atoms with Crippen molar-refractivity contribution in [2.75, 3.05) is 18.5 Å². The number of rotatable bonds is 6. The molecule has 1 aliphatic rings. The van der Waals surface area contributed by atoms with Crippen LogP contribution in [0.15, 0.2) is 35.7 Å². The van der Waals surface area contributed by atoms with Crippen LogP contribution >= 0.6 is 11.3 Å². The Labute approximate surface area is 133 Å². The van der Waals surface area contributed by atoms with E-state index < -0.39 is 0 Å². The van der Waals surface area contributed by atoms with Gasteiger partial charge in [0.2, 0.25) is 5.91 Å². The van der Waals surface area contributed by atoms with Crippen LogP contribution in [-0.2, 0) is 16.0 Å². The van der Waals surface area contributed by atoms with Crippen molar-refractivity contribution in [3.63, 3.8) is 0 Å². The normalized spacial score (nSPS) is 17.4. The lowest BCUT2D eigenvalue weighted by Crippen LogP contribution is -2.32. The molecular formula is C16H19N3O2S. The third-order valence-corrected chi connectivity index (χ3v) is 4.28. The van der Waals surface area contributed by atoms with Gasteiger partial charge in [0, 0.05) is 24.2 Å². The molecule has 6 heteroatoms. The molecule has 22 heavy (non-hydrogen) atoms. The number of hydrogen-bond acceptors (Lipinski definition) is 5. The van der Waals surface area contributed by atoms with Crippen molar-refractivity contribution in [3.05, 3.63) is 41.4 Å². The van der Waals surface area contributed by atoms with Gasteiger partial charge in [-0.1, -0.05) is 18.2 Å². The molecule has 0 spiro atoms. The predicted molar refractivity (Wildman–Crippen MR) is 87.5 cm³/mol. The van der Waals surface area contributed by atoms with Crippen molar-refractivity contribution in [1.82, 2.24) is 10.3 Å². The molecule has 1 unspecified atom stereocenters. The Kier molecular flexibility index (Phi) is 5.03. The van der Waals surface area contributed by atoms with Crippen LogP contribution in [0.1, 0.15) is 18.5 Å². The number of amides is 1. The topological polar surface area (TPSA) is 63.2 Å². The maximum absolute atomic E-state index is 11.9. The molecule has 0 radical (unpaired) electrons. The smallest absolute Gasteiger partial charge is 0.226 e. The van der Waals surface area contributed by atoms with Crippen LogP contribution in [0.3, 0.4) is 0 Å². The Bertz CT molecular complexity index is 609. The Morgan fingerprint density at radius 1 is 1.36 bits per heavy atom. The van der Waals surface area contributed by atoms with Gasteiger partial charge < -0.3 is 15.4 Å². The second kappa shape index (κ2) is 7.38. The highest BCUT2D eigenvalue weighted by Crippen LogP contribution is 2.20. The third-order valence-electron chi connectivity index (χ3n) is 3.47. The van der Waals surface area contributed by atoms with Gasteiger partial charge in [0.05, 0.1) is 18.2 Å². The van der Waals surface area contributed by atoms with Crippen molar-refractivity contribution in [1.29, 1.82) is 0 Å². The number of carbonyl (C=O) groups is 1. The second-order valence-corrected chi connectivity index (χ2v) is 6.11. The van der Waals surface area contributed by atoms with E-state index in [9.17, 15) is 4.79 Å². The zero-order valence-corrected chi connectivity index (χ0v) is 13.1. The van der Waals surface area contributed by atoms with Crippen molar-refractivity contribution in [2.45, 2.75) is 25.4 Å². The SMILES string of the molecule is O=C(Cc1csc(Nc2ccccc2)n1)NCC1CCCO1. The highest BCUT2D eigenvalue weighted by molar-refractivity contribution is 7.13. The van der Waals surface area contributed by atoms with E-state index in [0.29, 0.717) is 13.0 Å². The Hall–Kier alpha value is -1.92. The summed E-state index contributed by atoms with van der Waals surface area (Å²) >= 11 is 1.50. The summed E-state index contributed by atoms with van der Waals surface area (Å²) in [6.07, 6.45) is 2.60. The Morgan fingerprint density at radius 2 is 2.23 bits per heavy atom. The molecule has 5 nitrogen and oxygen atoms in total. The summed E-state index contributed by atoms with van der Waals surface area (Å²) in [5.41, 5.74) is 1.78. The average Bonchev–Trinajstić information content (AvgIpc) is 3.18. The number of benzene rings is 1. The molecule has 1 amide bonds. The van der Waals surface area contributed by atoms with Gasteiger partial charge in [0.15, 0.2) is 5.13 Å². The number of anilines is 2. The predicted octanol–water partition coefficient (Wildman–Crippen LogP) is 2.72. The standard InChI is InChI=1S/C16H19N3O2S/c20-15(17-10-14-7-4-8-21-14)9-13-11-22-16(19-13)18-12-5-2-1-3-6-12/h1-3,5-6,11,14H,4,7-10H2,(H,17,20)(H,18,19). The molecule has 0 saturated carbocycles. The van der Waals surface area contributed by atoms with Gasteiger partial charge in [-0.3, -0.25) is 4.79 Å². The molecule has 1 fully saturated rings. The van der Waals surface area contributed by atoms with Gasteiger partial charge in [-0.15, -0.1) is 11.3 Å². The highest BCUT2D eigenvalue weighted by Gasteiger charge is 2.16. The van der Waals surface area contributed by atoms with Gasteiger partial charge in [-0.05, 0) is 25.0 Å². The van der Waals surface area contributed by atoms with Gasteiger partial charge in [0.1, 0.15) is 0 Å². The number of aromatic nitrogens is 1. The maximum atomic E-state index is 11.9. The van der Waals surface area contributed by atoms with E-state index in [2.05, 4.69) is 15.6 Å². The Balaban J connectivity index is 1.47. The van der Waals surface area contributed by atoms with Crippen molar-refractivity contribution in [2.24, 2.45) is 0 Å². The van der Waals surface area contributed by atoms with Crippen LogP contribution in [-0.4, -0.2) is 30.1 Å². The van der Waals surface area contributed by atoms with Crippen LogP contribution in [0.25, 0.3) is 0 Å². The van der Waals surface area contributed by atoms with Crippen LogP contribution < -0.4 is 10.6 Å². The minimum atomic E-state index is -0.00735. The molecule has 0 bridgehead atoms. The summed E-state index contributed by atoms with van der Waals surface area (Å²) in [7, 11) is 0. The summed E-state index contributed by atoms with van der Waals surface area (Å²) in [4.78, 5) is 16.4. The number of nitrogens with one attached hydrogen (secondary N) is 2. The number of ether oxygens (including phenoxy) is 1. The molecule has 1 saturated heterocycles. The first-order valence-corrected chi connectivity index (χ1v) is 8.32. The number of para-hydroxylation sites is 1. The van der Waals surface area contributed by atoms with E-state index in [1.807, 2.05) is 35.7 Å². The molecule has 1 atom stereocenters. The van der Waals surface area contributed by atoms with Crippen LogP contribution in [0, 0.1) is 0 Å². The number of hydrogen-bond donors (Lipinski definition) is 2. The minimum Gasteiger partial charge on any atom is -0.376 e. The van der Waals surface area contributed by atoms with Crippen molar-refractivity contribution < 1.29 is 9.53 Å². The first kappa shape index (κ1) is 15.0. The summed E-state index contributed by atoms with van der Waals surface area (Å²) in [6.45, 7) is 1.40. The number of carbonyl (C=O) groups excluding carboxylic acids is 1. The summed E-state index contributed by atoms with van der Waals surface area (Å²) < 4.78 is 5.49. The fourth-order valence-electron chi connectivity index (χ4n) is 2.35. The molecule has 1 aromatic heterocycles. The largest absolute Gasteiger partial charge is 0.376 e. The van der Waals surface area contributed by atoms with Crippen molar-refractivity contribution >= 4 is 28.1 Å². The first-order valence-electron chi connectivity index (χ1n) is 7.44. The number of thiazole rings is 1. The molecule has 2 heterocycles. The van der Waals surface area contributed by atoms with Gasteiger partial charge in [-0.25, -0.2) is 4.98 Å². The zero-order valence-electron chi connectivity index (χ0n) is 12.2. The molecule has 0 aliphatic carbocycles. The fourth-order valence-corrected chi connectivity index (χ4v) is 3.08. The summed E-state index contributed by atoms with van der Waals surface area (Å²) in [6, 6.07) is 9.87. The zero-order chi connectivity index (χ0) is 15.2. The molecule has 1 aromatic carbocycles. The molecule has 2 N–H and O–H groups in total. The van der Waals surface area contributed by atoms with E-state index in [4.69, 9.17) is 4.74 Å². The van der Waals surface area contributed by atoms with E-state index >= 15 is 0 Å². The molecular weight excluding hydrogens is 298 g/mol. The van der Waals surface area contributed by atoms with Gasteiger partial charge in [-0.2, -0.15) is 0 Å². The summed E-state index contributed by atoms with van der Waals surface area (Å²) in [5.74, 6) is -0.00735. The number of nitrogens with zero attached hydrogens (tertiary/aromatic N) is 1. The van der Waals surface area contributed by atoms with Crippen molar-refractivity contribution in [3.8, 4) is 0 Å². The van der Waals surface area contributed by atoms with Gasteiger partial charge in [0.25, 0.3) is 0 Å². The molecule has 116 valence electrons.